The predicted molar refractivity (Wildman–Crippen MR) is 140 cm³/mol. The van der Waals surface area contributed by atoms with E-state index in [0.29, 0.717) is 5.56 Å². The molecule has 9 heteroatoms. The molecule has 0 heterocycles. The summed E-state index contributed by atoms with van der Waals surface area (Å²) in [5, 5.41) is 5.61. The van der Waals surface area contributed by atoms with Crippen molar-refractivity contribution in [2.45, 2.75) is 111 Å². The molecular formula is C27H44N4O5. The SMILES string of the molecule is CCCC(C)NC(=O)C(c1ccc(C)cc1)N(C(=O)C(CCC(N)=O)NC(=O)OC(C)(C)C)C(C)C. The van der Waals surface area contributed by atoms with E-state index < -0.39 is 41.6 Å². The molecule has 1 aromatic carbocycles. The Morgan fingerprint density at radius 1 is 1.00 bits per heavy atom. The summed E-state index contributed by atoms with van der Waals surface area (Å²) in [5.41, 5.74) is 6.22. The van der Waals surface area contributed by atoms with Gasteiger partial charge in [-0.25, -0.2) is 4.79 Å². The number of nitrogens with one attached hydrogen (secondary N) is 2. The highest BCUT2D eigenvalue weighted by atomic mass is 16.6. The first-order chi connectivity index (χ1) is 16.7. The fourth-order valence-corrected chi connectivity index (χ4v) is 3.87. The van der Waals surface area contributed by atoms with Crippen LogP contribution in [-0.4, -0.2) is 52.4 Å². The van der Waals surface area contributed by atoms with Gasteiger partial charge in [0.25, 0.3) is 0 Å². The molecule has 0 saturated heterocycles. The molecule has 36 heavy (non-hydrogen) atoms. The molecule has 0 aliphatic rings. The molecule has 9 nitrogen and oxygen atoms in total. The van der Waals surface area contributed by atoms with Crippen LogP contribution in [0.4, 0.5) is 4.79 Å². The van der Waals surface area contributed by atoms with Crippen LogP contribution in [0.1, 0.15) is 91.3 Å². The van der Waals surface area contributed by atoms with Crippen LogP contribution in [0.15, 0.2) is 24.3 Å². The van der Waals surface area contributed by atoms with Crippen LogP contribution in [-0.2, 0) is 19.1 Å². The Morgan fingerprint density at radius 3 is 2.06 bits per heavy atom. The van der Waals surface area contributed by atoms with Gasteiger partial charge in [0, 0.05) is 18.5 Å². The molecule has 3 atom stereocenters. The zero-order valence-electron chi connectivity index (χ0n) is 23.0. The summed E-state index contributed by atoms with van der Waals surface area (Å²) in [6.07, 6.45) is 0.766. The number of primary amides is 1. The minimum atomic E-state index is -1.11. The molecule has 202 valence electrons. The Bertz CT molecular complexity index is 892. The summed E-state index contributed by atoms with van der Waals surface area (Å²) in [6.45, 7) is 14.6. The van der Waals surface area contributed by atoms with Crippen LogP contribution < -0.4 is 16.4 Å². The topological polar surface area (TPSA) is 131 Å². The number of hydrogen-bond donors (Lipinski definition) is 3. The van der Waals surface area contributed by atoms with Gasteiger partial charge in [-0.15, -0.1) is 0 Å². The van der Waals surface area contributed by atoms with Crippen molar-refractivity contribution in [1.82, 2.24) is 15.5 Å². The molecule has 0 aliphatic heterocycles. The van der Waals surface area contributed by atoms with E-state index in [1.54, 1.807) is 34.6 Å². The monoisotopic (exact) mass is 504 g/mol. The number of nitrogens with two attached hydrogens (primary N) is 1. The number of nitrogens with zero attached hydrogens (tertiary/aromatic N) is 1. The Hall–Kier alpha value is -3.10. The highest BCUT2D eigenvalue weighted by molar-refractivity contribution is 5.92. The van der Waals surface area contributed by atoms with Gasteiger partial charge in [0.05, 0.1) is 0 Å². The van der Waals surface area contributed by atoms with E-state index in [9.17, 15) is 19.2 Å². The minimum Gasteiger partial charge on any atom is -0.444 e. The number of benzene rings is 1. The van der Waals surface area contributed by atoms with Crippen LogP contribution in [0, 0.1) is 6.92 Å². The van der Waals surface area contributed by atoms with Gasteiger partial charge in [0.15, 0.2) is 0 Å². The van der Waals surface area contributed by atoms with Crippen molar-refractivity contribution in [1.29, 1.82) is 0 Å². The smallest absolute Gasteiger partial charge is 0.408 e. The molecule has 1 rings (SSSR count). The summed E-state index contributed by atoms with van der Waals surface area (Å²) < 4.78 is 5.33. The van der Waals surface area contributed by atoms with Gasteiger partial charge < -0.3 is 26.0 Å². The summed E-state index contributed by atoms with van der Waals surface area (Å²) in [7, 11) is 0. The summed E-state index contributed by atoms with van der Waals surface area (Å²) in [5.74, 6) is -1.41. The van der Waals surface area contributed by atoms with Crippen molar-refractivity contribution in [3.05, 3.63) is 35.4 Å². The van der Waals surface area contributed by atoms with E-state index in [-0.39, 0.29) is 24.8 Å². The number of rotatable bonds is 12. The number of amides is 4. The molecule has 0 spiro atoms. The lowest BCUT2D eigenvalue weighted by molar-refractivity contribution is -0.145. The second kappa shape index (κ2) is 13.8. The molecule has 4 N–H and O–H groups in total. The molecule has 4 amide bonds. The summed E-state index contributed by atoms with van der Waals surface area (Å²) in [4.78, 5) is 53.0. The van der Waals surface area contributed by atoms with Crippen LogP contribution in [0.3, 0.4) is 0 Å². The Labute approximate surface area is 215 Å². The quantitative estimate of drug-likeness (QED) is 0.399. The standard InChI is InChI=1S/C27H44N4O5/c1-9-10-19(5)29-24(33)23(20-13-11-18(4)12-14-20)31(17(2)3)25(34)21(15-16-22(28)32)30-26(35)36-27(6,7)8/h11-14,17,19,21,23H,9-10,15-16H2,1-8H3,(H2,28,32)(H,29,33)(H,30,35). The minimum absolute atomic E-state index is 0.0227. The first kappa shape index (κ1) is 30.9. The van der Waals surface area contributed by atoms with E-state index in [0.717, 1.165) is 18.4 Å². The van der Waals surface area contributed by atoms with E-state index >= 15 is 0 Å². The zero-order valence-corrected chi connectivity index (χ0v) is 23.0. The van der Waals surface area contributed by atoms with E-state index in [1.807, 2.05) is 45.0 Å². The number of hydrogen-bond acceptors (Lipinski definition) is 5. The van der Waals surface area contributed by atoms with E-state index in [1.165, 1.54) is 4.90 Å². The molecule has 0 aromatic heterocycles. The summed E-state index contributed by atoms with van der Waals surface area (Å²) >= 11 is 0. The Balaban J connectivity index is 3.45. The molecule has 0 fully saturated rings. The van der Waals surface area contributed by atoms with Crippen LogP contribution >= 0.6 is 0 Å². The van der Waals surface area contributed by atoms with Gasteiger partial charge in [-0.2, -0.15) is 0 Å². The van der Waals surface area contributed by atoms with Gasteiger partial charge >= 0.3 is 6.09 Å². The summed E-state index contributed by atoms with van der Waals surface area (Å²) in [6, 6.07) is 4.91. The number of carbonyl (C=O) groups is 4. The van der Waals surface area contributed by atoms with Crippen molar-refractivity contribution in [3.63, 3.8) is 0 Å². The van der Waals surface area contributed by atoms with Crippen molar-refractivity contribution >= 4 is 23.8 Å². The second-order valence-electron chi connectivity index (χ2n) is 10.6. The fraction of sp³-hybridized carbons (Fsp3) is 0.630. The van der Waals surface area contributed by atoms with E-state index in [2.05, 4.69) is 10.6 Å². The van der Waals surface area contributed by atoms with Crippen molar-refractivity contribution < 1.29 is 23.9 Å². The lowest BCUT2D eigenvalue weighted by Gasteiger charge is -2.37. The van der Waals surface area contributed by atoms with Gasteiger partial charge in [-0.3, -0.25) is 14.4 Å². The number of carbonyl (C=O) groups excluding carboxylic acids is 4. The molecule has 0 aliphatic carbocycles. The average Bonchev–Trinajstić information content (AvgIpc) is 2.73. The lowest BCUT2D eigenvalue weighted by atomic mass is 9.98. The van der Waals surface area contributed by atoms with Crippen LogP contribution in [0.2, 0.25) is 0 Å². The lowest BCUT2D eigenvalue weighted by Crippen LogP contribution is -2.55. The third-order valence-electron chi connectivity index (χ3n) is 5.51. The maximum Gasteiger partial charge on any atom is 0.408 e. The largest absolute Gasteiger partial charge is 0.444 e. The van der Waals surface area contributed by atoms with Crippen molar-refractivity contribution in [2.24, 2.45) is 5.73 Å². The highest BCUT2D eigenvalue weighted by Crippen LogP contribution is 2.26. The molecule has 0 radical (unpaired) electrons. The van der Waals surface area contributed by atoms with Gasteiger partial charge in [-0.1, -0.05) is 43.2 Å². The number of aryl methyl sites for hydroxylation is 1. The molecule has 1 aromatic rings. The molecule has 3 unspecified atom stereocenters. The highest BCUT2D eigenvalue weighted by Gasteiger charge is 2.38. The molecule has 0 bridgehead atoms. The van der Waals surface area contributed by atoms with Crippen LogP contribution in [0.25, 0.3) is 0 Å². The van der Waals surface area contributed by atoms with Crippen LogP contribution in [0.5, 0.6) is 0 Å². The first-order valence-electron chi connectivity index (χ1n) is 12.6. The molecular weight excluding hydrogens is 460 g/mol. The number of alkyl carbamates (subject to hydrolysis) is 1. The number of ether oxygens (including phenoxy) is 1. The van der Waals surface area contributed by atoms with Gasteiger partial charge in [-0.05, 0) is 66.9 Å². The second-order valence-corrected chi connectivity index (χ2v) is 10.6. The van der Waals surface area contributed by atoms with Gasteiger partial charge in [0.1, 0.15) is 17.7 Å². The fourth-order valence-electron chi connectivity index (χ4n) is 3.87. The van der Waals surface area contributed by atoms with Gasteiger partial charge in [0.2, 0.25) is 17.7 Å². The maximum atomic E-state index is 13.9. The normalized spacial score (nSPS) is 13.9. The Morgan fingerprint density at radius 2 is 1.58 bits per heavy atom. The van der Waals surface area contributed by atoms with E-state index in [4.69, 9.17) is 10.5 Å². The van der Waals surface area contributed by atoms with Crippen molar-refractivity contribution in [2.75, 3.05) is 0 Å². The van der Waals surface area contributed by atoms with Crippen molar-refractivity contribution in [3.8, 4) is 0 Å². The first-order valence-corrected chi connectivity index (χ1v) is 12.6. The Kier molecular flexibility index (Phi) is 11.9. The predicted octanol–water partition coefficient (Wildman–Crippen LogP) is 3.74. The zero-order chi connectivity index (χ0) is 27.6. The third kappa shape index (κ3) is 10.3. The average molecular weight is 505 g/mol. The third-order valence-corrected chi connectivity index (χ3v) is 5.51. The molecule has 0 saturated carbocycles. The maximum absolute atomic E-state index is 13.9.